The number of ether oxygens (including phenoxy) is 9. The Morgan fingerprint density at radius 1 is 0.692 bits per heavy atom. The molecule has 0 aliphatic carbocycles. The summed E-state index contributed by atoms with van der Waals surface area (Å²) >= 11 is 0. The molecule has 14 heteroatoms. The molecule has 12 nitrogen and oxygen atoms in total. The third-order valence-electron chi connectivity index (χ3n) is 11.9. The normalized spacial score (nSPS) is 19.8. The van der Waals surface area contributed by atoms with Crippen LogP contribution in [0.5, 0.6) is 34.5 Å². The van der Waals surface area contributed by atoms with Gasteiger partial charge in [0.05, 0.1) is 39.6 Å². The molecular formula is C51H56F2O12. The van der Waals surface area contributed by atoms with Crippen molar-refractivity contribution in [3.05, 3.63) is 118 Å². The van der Waals surface area contributed by atoms with Gasteiger partial charge >= 0.3 is 5.97 Å². The molecule has 1 atom stereocenters. The van der Waals surface area contributed by atoms with Crippen molar-refractivity contribution >= 4 is 18.1 Å². The van der Waals surface area contributed by atoms with Crippen LogP contribution in [0.2, 0.25) is 0 Å². The number of hydrogen-bond donors (Lipinski definition) is 0. The molecule has 2 fully saturated rings. The molecule has 0 aromatic heterocycles. The summed E-state index contributed by atoms with van der Waals surface area (Å²) in [5.41, 5.74) is 3.03. The van der Waals surface area contributed by atoms with Gasteiger partial charge in [0.25, 0.3) is 5.79 Å². The Kier molecular flexibility index (Phi) is 13.8. The van der Waals surface area contributed by atoms with Gasteiger partial charge in [0.1, 0.15) is 47.0 Å². The lowest BCUT2D eigenvalue weighted by molar-refractivity contribution is -0.196. The van der Waals surface area contributed by atoms with Crippen LogP contribution in [-0.2, 0) is 39.5 Å². The average Bonchev–Trinajstić information content (AvgIpc) is 3.20. The van der Waals surface area contributed by atoms with E-state index in [0.29, 0.717) is 110 Å². The van der Waals surface area contributed by atoms with Crippen molar-refractivity contribution < 1.29 is 66.0 Å². The fourth-order valence-corrected chi connectivity index (χ4v) is 8.40. The summed E-state index contributed by atoms with van der Waals surface area (Å²) in [7, 11) is 0. The molecule has 4 heterocycles. The predicted molar refractivity (Wildman–Crippen MR) is 236 cm³/mol. The van der Waals surface area contributed by atoms with Crippen LogP contribution in [0.3, 0.4) is 0 Å². The van der Waals surface area contributed by atoms with E-state index < -0.39 is 34.2 Å². The number of carbonyl (C=O) groups excluding carboxylic acids is 1. The lowest BCUT2D eigenvalue weighted by Crippen LogP contribution is -2.55. The minimum absolute atomic E-state index is 0.00274. The maximum atomic E-state index is 14.9. The summed E-state index contributed by atoms with van der Waals surface area (Å²) in [6.45, 7) is 16.2. The van der Waals surface area contributed by atoms with Crippen LogP contribution in [0, 0.1) is 37.3 Å². The molecule has 0 saturated carbocycles. The Hall–Kier alpha value is -5.51. The molecular weight excluding hydrogens is 843 g/mol. The summed E-state index contributed by atoms with van der Waals surface area (Å²) in [5.74, 6) is 1.08. The van der Waals surface area contributed by atoms with Crippen LogP contribution in [0.4, 0.5) is 8.78 Å². The molecule has 1 spiro atoms. The number of fused-ring (bicyclic) bond motifs is 2. The Bertz CT molecular complexity index is 2420. The maximum Gasteiger partial charge on any atom is 0.336 e. The smallest absolute Gasteiger partial charge is 0.336 e. The van der Waals surface area contributed by atoms with E-state index in [2.05, 4.69) is 27.7 Å². The van der Waals surface area contributed by atoms with Crippen molar-refractivity contribution in [1.82, 2.24) is 0 Å². The average molecular weight is 899 g/mol. The molecule has 4 aliphatic heterocycles. The van der Waals surface area contributed by atoms with Crippen molar-refractivity contribution in [2.45, 2.75) is 71.0 Å². The molecule has 2 saturated heterocycles. The minimum atomic E-state index is -0.988. The molecule has 0 radical (unpaired) electrons. The molecule has 0 amide bonds. The van der Waals surface area contributed by atoms with E-state index in [1.54, 1.807) is 30.4 Å². The van der Waals surface area contributed by atoms with Gasteiger partial charge in [-0.05, 0) is 79.6 Å². The van der Waals surface area contributed by atoms with Crippen molar-refractivity contribution in [3.63, 3.8) is 0 Å². The van der Waals surface area contributed by atoms with E-state index in [-0.39, 0.29) is 25.8 Å². The first-order chi connectivity index (χ1) is 31.1. The van der Waals surface area contributed by atoms with Gasteiger partial charge in [0.15, 0.2) is 19.3 Å². The minimum Gasteiger partial charge on any atom is -0.467 e. The van der Waals surface area contributed by atoms with Crippen LogP contribution in [0.15, 0.2) is 72.8 Å². The standard InChI is InChI=1S/C51H56F2O12/c1-32-16-46-40(20-44(32)62-48(54)14-11-37-10-13-39(19-43(37)53)60-31-58-27-35-24-56-25-35)49(3,4)28-51(63-46)29-50(5,6)41-21-45(33(2)17-47(41)64-51)65-61-15-7-8-36-9-12-38(18-42(36)52)59-30-57-26-34-22-55-23-34/h7-14,16-21,34-35H,15,22-31H2,1-6H3/b8-7+,14-11+. The van der Waals surface area contributed by atoms with Crippen LogP contribution >= 0.6 is 0 Å². The molecule has 1 unspecified atom stereocenters. The van der Waals surface area contributed by atoms with E-state index in [0.717, 1.165) is 16.7 Å². The molecule has 4 aromatic carbocycles. The number of carbonyl (C=O) groups is 1. The quantitative estimate of drug-likeness (QED) is 0.0180. The molecule has 0 N–H and O–H groups in total. The first-order valence-corrected chi connectivity index (χ1v) is 21.9. The number of rotatable bonds is 18. The second-order valence-corrected chi connectivity index (χ2v) is 18.4. The number of esters is 1. The fraction of sp³-hybridized carbons (Fsp3) is 0.431. The third-order valence-corrected chi connectivity index (χ3v) is 11.9. The van der Waals surface area contributed by atoms with E-state index in [4.69, 9.17) is 52.4 Å². The van der Waals surface area contributed by atoms with Gasteiger partial charge in [-0.2, -0.15) is 4.89 Å². The zero-order valence-electron chi connectivity index (χ0n) is 37.7. The number of halogens is 2. The Labute approximate surface area is 378 Å². The van der Waals surface area contributed by atoms with E-state index in [1.807, 2.05) is 38.1 Å². The number of hydrogen-bond acceptors (Lipinski definition) is 12. The van der Waals surface area contributed by atoms with Gasteiger partial charge in [-0.3, -0.25) is 0 Å². The molecule has 4 aromatic rings. The first kappa shape index (κ1) is 46.0. The van der Waals surface area contributed by atoms with Crippen molar-refractivity contribution in [1.29, 1.82) is 0 Å². The second-order valence-electron chi connectivity index (χ2n) is 18.4. The summed E-state index contributed by atoms with van der Waals surface area (Å²) in [4.78, 5) is 24.3. The topological polar surface area (TPSA) is 119 Å². The van der Waals surface area contributed by atoms with Crippen LogP contribution in [0.1, 0.15) is 73.9 Å². The summed E-state index contributed by atoms with van der Waals surface area (Å²) < 4.78 is 81.2. The lowest BCUT2D eigenvalue weighted by Gasteiger charge is -2.51. The molecule has 8 rings (SSSR count). The van der Waals surface area contributed by atoms with Gasteiger partial charge in [0, 0.05) is 76.0 Å². The SMILES string of the molecule is Cc1cc2c(cc1OOC/C=C/c1ccc(OCOCC3COC3)cc1F)C(C)(C)CC1(CC(C)(C)c3cc(OC(=O)/C=C/c4ccc(OCOCC5COC5)cc4F)c(C)cc3O1)O2. The Balaban J connectivity index is 0.858. The fourth-order valence-electron chi connectivity index (χ4n) is 8.40. The van der Waals surface area contributed by atoms with E-state index >= 15 is 0 Å². The van der Waals surface area contributed by atoms with Gasteiger partial charge in [-0.15, -0.1) is 0 Å². The van der Waals surface area contributed by atoms with Crippen LogP contribution < -0.4 is 28.6 Å². The highest BCUT2D eigenvalue weighted by Crippen LogP contribution is 2.55. The van der Waals surface area contributed by atoms with Crippen LogP contribution in [-0.4, -0.2) is 71.6 Å². The zero-order valence-corrected chi connectivity index (χ0v) is 37.7. The van der Waals surface area contributed by atoms with Crippen molar-refractivity contribution in [2.24, 2.45) is 11.8 Å². The third kappa shape index (κ3) is 11.1. The molecule has 65 heavy (non-hydrogen) atoms. The highest BCUT2D eigenvalue weighted by Gasteiger charge is 2.53. The number of benzene rings is 4. The Morgan fingerprint density at radius 2 is 1.20 bits per heavy atom. The van der Waals surface area contributed by atoms with Gasteiger partial charge in [-0.25, -0.2) is 13.6 Å². The van der Waals surface area contributed by atoms with Crippen molar-refractivity contribution in [3.8, 4) is 34.5 Å². The lowest BCUT2D eigenvalue weighted by atomic mass is 9.69. The Morgan fingerprint density at radius 3 is 1.71 bits per heavy atom. The van der Waals surface area contributed by atoms with E-state index in [9.17, 15) is 13.6 Å². The van der Waals surface area contributed by atoms with Gasteiger partial charge in [-0.1, -0.05) is 39.8 Å². The first-order valence-electron chi connectivity index (χ1n) is 21.9. The second kappa shape index (κ2) is 19.5. The van der Waals surface area contributed by atoms with E-state index in [1.165, 1.54) is 30.4 Å². The molecule has 4 aliphatic rings. The highest BCUT2D eigenvalue weighted by molar-refractivity contribution is 5.89. The maximum absolute atomic E-state index is 14.9. The van der Waals surface area contributed by atoms with Crippen LogP contribution in [0.25, 0.3) is 12.2 Å². The van der Waals surface area contributed by atoms with Gasteiger partial charge in [0.2, 0.25) is 0 Å². The summed E-state index contributed by atoms with van der Waals surface area (Å²) in [6, 6.07) is 16.6. The van der Waals surface area contributed by atoms with Crippen molar-refractivity contribution in [2.75, 3.05) is 59.8 Å². The number of aryl methyl sites for hydroxylation is 2. The largest absolute Gasteiger partial charge is 0.467 e. The molecule has 346 valence electrons. The van der Waals surface area contributed by atoms with Gasteiger partial charge < -0.3 is 47.5 Å². The summed E-state index contributed by atoms with van der Waals surface area (Å²) in [6.07, 6.45) is 6.91. The predicted octanol–water partition coefficient (Wildman–Crippen LogP) is 9.74. The summed E-state index contributed by atoms with van der Waals surface area (Å²) in [5, 5.41) is 0. The highest BCUT2D eigenvalue weighted by atomic mass is 19.1. The monoisotopic (exact) mass is 898 g/mol. The molecule has 0 bridgehead atoms. The zero-order chi connectivity index (χ0) is 45.8.